The third-order valence-corrected chi connectivity index (χ3v) is 5.81. The molecular formula is C21H25NO2S. The zero-order valence-corrected chi connectivity index (χ0v) is 15.2. The molecular weight excluding hydrogens is 330 g/mol. The highest BCUT2D eigenvalue weighted by atomic mass is 32.2. The van der Waals surface area contributed by atoms with Gasteiger partial charge in [0.25, 0.3) is 0 Å². The average Bonchev–Trinajstić information content (AvgIpc) is 2.70. The van der Waals surface area contributed by atoms with E-state index in [9.17, 15) is 9.90 Å². The van der Waals surface area contributed by atoms with Crippen LogP contribution < -0.4 is 0 Å². The number of carbonyl (C=O) groups is 1. The maximum atomic E-state index is 13.1. The largest absolute Gasteiger partial charge is 0.388 e. The van der Waals surface area contributed by atoms with E-state index in [1.165, 1.54) is 6.42 Å². The quantitative estimate of drug-likeness (QED) is 0.792. The molecule has 1 amide bonds. The minimum absolute atomic E-state index is 0.0829. The van der Waals surface area contributed by atoms with E-state index in [0.717, 1.165) is 36.4 Å². The Morgan fingerprint density at radius 3 is 2.20 bits per heavy atom. The van der Waals surface area contributed by atoms with E-state index >= 15 is 0 Å². The van der Waals surface area contributed by atoms with Crippen LogP contribution in [0.4, 0.5) is 0 Å². The first-order valence-corrected chi connectivity index (χ1v) is 9.94. The SMILES string of the molecule is O=C([C@@H](CSc1ccccc1)[C@H](O)c1ccccc1)N1CCCCC1. The molecule has 1 N–H and O–H groups in total. The Hall–Kier alpha value is -1.78. The van der Waals surface area contributed by atoms with Gasteiger partial charge in [-0.2, -0.15) is 0 Å². The third-order valence-electron chi connectivity index (χ3n) is 4.68. The van der Waals surface area contributed by atoms with Gasteiger partial charge in [0.1, 0.15) is 0 Å². The van der Waals surface area contributed by atoms with Crippen molar-refractivity contribution in [3.8, 4) is 0 Å². The Morgan fingerprint density at radius 2 is 1.56 bits per heavy atom. The van der Waals surface area contributed by atoms with Gasteiger partial charge in [-0.05, 0) is 37.0 Å². The van der Waals surface area contributed by atoms with Crippen LogP contribution in [-0.4, -0.2) is 34.8 Å². The number of hydrogen-bond donors (Lipinski definition) is 1. The average molecular weight is 356 g/mol. The smallest absolute Gasteiger partial charge is 0.229 e. The highest BCUT2D eigenvalue weighted by molar-refractivity contribution is 7.99. The van der Waals surface area contributed by atoms with Gasteiger partial charge in [-0.1, -0.05) is 48.5 Å². The number of hydrogen-bond acceptors (Lipinski definition) is 3. The van der Waals surface area contributed by atoms with Crippen molar-refractivity contribution in [1.82, 2.24) is 4.90 Å². The summed E-state index contributed by atoms with van der Waals surface area (Å²) in [5, 5.41) is 10.9. The van der Waals surface area contributed by atoms with Gasteiger partial charge in [-0.15, -0.1) is 11.8 Å². The van der Waals surface area contributed by atoms with E-state index in [0.29, 0.717) is 5.75 Å². The lowest BCUT2D eigenvalue weighted by atomic mass is 9.95. The summed E-state index contributed by atoms with van der Waals surface area (Å²) >= 11 is 1.64. The zero-order chi connectivity index (χ0) is 17.5. The molecule has 1 heterocycles. The molecule has 3 nitrogen and oxygen atoms in total. The van der Waals surface area contributed by atoms with Crippen LogP contribution in [0, 0.1) is 5.92 Å². The summed E-state index contributed by atoms with van der Waals surface area (Å²) in [6.07, 6.45) is 2.54. The summed E-state index contributed by atoms with van der Waals surface area (Å²) in [5.74, 6) is 0.236. The summed E-state index contributed by atoms with van der Waals surface area (Å²) in [7, 11) is 0. The molecule has 1 fully saturated rings. The van der Waals surface area contributed by atoms with E-state index < -0.39 is 12.0 Å². The first-order valence-electron chi connectivity index (χ1n) is 8.95. The molecule has 3 rings (SSSR count). The second kappa shape index (κ2) is 9.07. The van der Waals surface area contributed by atoms with Crippen LogP contribution in [0.3, 0.4) is 0 Å². The van der Waals surface area contributed by atoms with Crippen molar-refractivity contribution in [2.75, 3.05) is 18.8 Å². The predicted molar refractivity (Wildman–Crippen MR) is 102 cm³/mol. The molecule has 0 aromatic heterocycles. The third kappa shape index (κ3) is 4.86. The van der Waals surface area contributed by atoms with Crippen molar-refractivity contribution in [1.29, 1.82) is 0 Å². The minimum Gasteiger partial charge on any atom is -0.388 e. The topological polar surface area (TPSA) is 40.5 Å². The van der Waals surface area contributed by atoms with Crippen LogP contribution in [0.5, 0.6) is 0 Å². The lowest BCUT2D eigenvalue weighted by molar-refractivity contribution is -0.139. The Bertz CT molecular complexity index is 656. The molecule has 2 aromatic carbocycles. The number of thioether (sulfide) groups is 1. The minimum atomic E-state index is -0.771. The summed E-state index contributed by atoms with van der Waals surface area (Å²) in [5.41, 5.74) is 0.812. The Labute approximate surface area is 154 Å². The van der Waals surface area contributed by atoms with Gasteiger partial charge in [0, 0.05) is 23.7 Å². The van der Waals surface area contributed by atoms with Crippen LogP contribution in [0.2, 0.25) is 0 Å². The van der Waals surface area contributed by atoms with Crippen LogP contribution in [0.25, 0.3) is 0 Å². The molecule has 25 heavy (non-hydrogen) atoms. The highest BCUT2D eigenvalue weighted by Gasteiger charge is 2.32. The molecule has 0 bridgehead atoms. The summed E-state index contributed by atoms with van der Waals surface area (Å²) in [6.45, 7) is 1.62. The monoisotopic (exact) mass is 355 g/mol. The number of aliphatic hydroxyl groups is 1. The molecule has 0 aliphatic carbocycles. The number of aliphatic hydroxyl groups excluding tert-OH is 1. The van der Waals surface area contributed by atoms with Gasteiger partial charge >= 0.3 is 0 Å². The van der Waals surface area contributed by atoms with Crippen LogP contribution in [0.15, 0.2) is 65.6 Å². The van der Waals surface area contributed by atoms with Gasteiger partial charge < -0.3 is 10.0 Å². The van der Waals surface area contributed by atoms with Crippen molar-refractivity contribution in [2.45, 2.75) is 30.3 Å². The molecule has 4 heteroatoms. The second-order valence-electron chi connectivity index (χ2n) is 6.47. The van der Waals surface area contributed by atoms with E-state index in [1.54, 1.807) is 11.8 Å². The van der Waals surface area contributed by atoms with Crippen molar-refractivity contribution < 1.29 is 9.90 Å². The fourth-order valence-electron chi connectivity index (χ4n) is 3.23. The maximum Gasteiger partial charge on any atom is 0.229 e. The molecule has 0 unspecified atom stereocenters. The first-order chi connectivity index (χ1) is 12.3. The molecule has 0 radical (unpaired) electrons. The Balaban J connectivity index is 1.76. The van der Waals surface area contributed by atoms with Crippen LogP contribution in [-0.2, 0) is 4.79 Å². The van der Waals surface area contributed by atoms with E-state index in [4.69, 9.17) is 0 Å². The fraction of sp³-hybridized carbons (Fsp3) is 0.381. The number of carbonyl (C=O) groups excluding carboxylic acids is 1. The molecule has 1 aliphatic rings. The second-order valence-corrected chi connectivity index (χ2v) is 7.57. The molecule has 132 valence electrons. The molecule has 2 aromatic rings. The van der Waals surface area contributed by atoms with Gasteiger partial charge in [0.15, 0.2) is 0 Å². The normalized spacial score (nSPS) is 17.1. The van der Waals surface area contributed by atoms with Gasteiger partial charge in [-0.25, -0.2) is 0 Å². The van der Waals surface area contributed by atoms with Gasteiger partial charge in [0.05, 0.1) is 12.0 Å². The lowest BCUT2D eigenvalue weighted by Gasteiger charge is -2.32. The standard InChI is InChI=1S/C21H25NO2S/c23-20(17-10-4-1-5-11-17)19(16-25-18-12-6-2-7-13-18)21(24)22-14-8-3-9-15-22/h1-2,4-7,10-13,19-20,23H,3,8-9,14-16H2/t19-,20+/m0/s1. The van der Waals surface area contributed by atoms with Crippen molar-refractivity contribution in [3.63, 3.8) is 0 Å². The fourth-order valence-corrected chi connectivity index (χ4v) is 4.28. The maximum absolute atomic E-state index is 13.1. The summed E-state index contributed by atoms with van der Waals surface area (Å²) < 4.78 is 0. The lowest BCUT2D eigenvalue weighted by Crippen LogP contribution is -2.42. The first kappa shape index (κ1) is 18.0. The molecule has 0 spiro atoms. The van der Waals surface area contributed by atoms with Gasteiger partial charge in [-0.3, -0.25) is 4.79 Å². The Morgan fingerprint density at radius 1 is 0.960 bits per heavy atom. The van der Waals surface area contributed by atoms with Gasteiger partial charge in [0.2, 0.25) is 5.91 Å². The van der Waals surface area contributed by atoms with Crippen molar-refractivity contribution >= 4 is 17.7 Å². The Kier molecular flexibility index (Phi) is 6.54. The molecule has 0 saturated carbocycles. The molecule has 1 aliphatic heterocycles. The molecule has 1 saturated heterocycles. The predicted octanol–water partition coefficient (Wildman–Crippen LogP) is 4.14. The van der Waals surface area contributed by atoms with E-state index in [1.807, 2.05) is 65.6 Å². The van der Waals surface area contributed by atoms with E-state index in [2.05, 4.69) is 0 Å². The van der Waals surface area contributed by atoms with Crippen molar-refractivity contribution in [2.24, 2.45) is 5.92 Å². The number of rotatable bonds is 6. The van der Waals surface area contributed by atoms with E-state index in [-0.39, 0.29) is 5.91 Å². The molecule has 2 atom stereocenters. The zero-order valence-electron chi connectivity index (χ0n) is 14.4. The summed E-state index contributed by atoms with van der Waals surface area (Å²) in [6, 6.07) is 19.6. The van der Waals surface area contributed by atoms with Crippen molar-refractivity contribution in [3.05, 3.63) is 66.2 Å². The number of benzene rings is 2. The number of piperidine rings is 1. The van der Waals surface area contributed by atoms with Crippen LogP contribution >= 0.6 is 11.8 Å². The summed E-state index contributed by atoms with van der Waals surface area (Å²) in [4.78, 5) is 16.1. The number of amides is 1. The number of likely N-dealkylation sites (tertiary alicyclic amines) is 1. The van der Waals surface area contributed by atoms with Crippen LogP contribution in [0.1, 0.15) is 30.9 Å². The highest BCUT2D eigenvalue weighted by Crippen LogP contribution is 2.30. The number of nitrogens with zero attached hydrogens (tertiary/aromatic N) is 1.